The molecule has 3 nitrogen and oxygen atoms in total. The number of carbonyl (C=O) groups excluding carboxylic acids is 1. The highest BCUT2D eigenvalue weighted by Gasteiger charge is 2.29. The number of thiophene rings is 1. The van der Waals surface area contributed by atoms with Gasteiger partial charge in [-0.3, -0.25) is 4.79 Å². The molecule has 0 spiro atoms. The minimum atomic E-state index is -4.33. The highest BCUT2D eigenvalue weighted by molar-refractivity contribution is 8.00. The predicted molar refractivity (Wildman–Crippen MR) is 78.2 cm³/mol. The molecule has 0 saturated heterocycles. The van der Waals surface area contributed by atoms with Crippen LogP contribution in [0.5, 0.6) is 0 Å². The molecule has 1 atom stereocenters. The Bertz CT molecular complexity index is 597. The summed E-state index contributed by atoms with van der Waals surface area (Å²) in [5.41, 5.74) is 1.86. The highest BCUT2D eigenvalue weighted by Crippen LogP contribution is 2.37. The van der Waals surface area contributed by atoms with E-state index in [-0.39, 0.29) is 16.7 Å². The van der Waals surface area contributed by atoms with Gasteiger partial charge in [0.15, 0.2) is 0 Å². The van der Waals surface area contributed by atoms with Crippen LogP contribution in [0.4, 0.5) is 18.9 Å². The molecule has 1 amide bonds. The monoisotopic (exact) mass is 332 g/mol. The normalized spacial score (nSPS) is 13.0. The van der Waals surface area contributed by atoms with Crippen LogP contribution in [0, 0.1) is 0 Å². The second kappa shape index (κ2) is 6.50. The summed E-state index contributed by atoms with van der Waals surface area (Å²) in [6, 6.07) is 8.15. The van der Waals surface area contributed by atoms with Crippen LogP contribution < -0.4 is 11.1 Å². The summed E-state index contributed by atoms with van der Waals surface area (Å²) < 4.78 is 36.6. The van der Waals surface area contributed by atoms with Crippen molar-refractivity contribution in [1.29, 1.82) is 0 Å². The van der Waals surface area contributed by atoms with Gasteiger partial charge in [-0.2, -0.15) is 13.2 Å². The molecule has 3 N–H and O–H groups in total. The van der Waals surface area contributed by atoms with Gasteiger partial charge in [-0.1, -0.05) is 6.07 Å². The summed E-state index contributed by atoms with van der Waals surface area (Å²) >= 11 is 1.16. The molecule has 0 aliphatic rings. The van der Waals surface area contributed by atoms with Crippen molar-refractivity contribution in [2.75, 3.05) is 5.32 Å². The third-order valence-electron chi connectivity index (χ3n) is 2.49. The Morgan fingerprint density at radius 2 is 1.90 bits per heavy atom. The third kappa shape index (κ3) is 4.76. The summed E-state index contributed by atoms with van der Waals surface area (Å²) in [6.45, 7) is 0. The zero-order valence-corrected chi connectivity index (χ0v) is 12.2. The number of hydrogen-bond acceptors (Lipinski definition) is 4. The first kappa shape index (κ1) is 15.9. The molecule has 2 aromatic rings. The molecule has 112 valence electrons. The fraction of sp³-hybridized carbons (Fsp3) is 0.154. The Morgan fingerprint density at radius 3 is 2.43 bits per heavy atom. The molecule has 21 heavy (non-hydrogen) atoms. The minimum Gasteiger partial charge on any atom is -0.324 e. The largest absolute Gasteiger partial charge is 0.446 e. The van der Waals surface area contributed by atoms with Crippen molar-refractivity contribution in [3.63, 3.8) is 0 Å². The van der Waals surface area contributed by atoms with Gasteiger partial charge in [-0.15, -0.1) is 11.3 Å². The van der Waals surface area contributed by atoms with Gasteiger partial charge in [0.25, 0.3) is 0 Å². The first-order valence-corrected chi connectivity index (χ1v) is 7.50. The van der Waals surface area contributed by atoms with Crippen LogP contribution in [0.25, 0.3) is 0 Å². The number of thioether (sulfide) groups is 1. The van der Waals surface area contributed by atoms with Crippen LogP contribution in [0.15, 0.2) is 46.7 Å². The number of anilines is 1. The van der Waals surface area contributed by atoms with E-state index in [2.05, 4.69) is 5.32 Å². The quantitative estimate of drug-likeness (QED) is 0.832. The number of benzene rings is 1. The first-order chi connectivity index (χ1) is 9.85. The second-order valence-electron chi connectivity index (χ2n) is 4.05. The van der Waals surface area contributed by atoms with Crippen LogP contribution in [0.1, 0.15) is 10.9 Å². The number of amides is 1. The van der Waals surface area contributed by atoms with Gasteiger partial charge in [0, 0.05) is 15.5 Å². The van der Waals surface area contributed by atoms with Crippen LogP contribution in [0.2, 0.25) is 0 Å². The molecular weight excluding hydrogens is 321 g/mol. The maximum atomic E-state index is 12.2. The highest BCUT2D eigenvalue weighted by atomic mass is 32.2. The minimum absolute atomic E-state index is 0.0584. The van der Waals surface area contributed by atoms with E-state index in [1.807, 2.05) is 5.38 Å². The lowest BCUT2D eigenvalue weighted by atomic mass is 10.2. The topological polar surface area (TPSA) is 55.1 Å². The predicted octanol–water partition coefficient (Wildman–Crippen LogP) is 4.00. The zero-order valence-electron chi connectivity index (χ0n) is 10.6. The smallest absolute Gasteiger partial charge is 0.324 e. The van der Waals surface area contributed by atoms with Crippen LogP contribution in [-0.2, 0) is 4.79 Å². The molecule has 0 fully saturated rings. The van der Waals surface area contributed by atoms with Crippen LogP contribution in [-0.4, -0.2) is 11.4 Å². The van der Waals surface area contributed by atoms with E-state index in [4.69, 9.17) is 5.73 Å². The molecular formula is C13H11F3N2OS2. The van der Waals surface area contributed by atoms with Crippen molar-refractivity contribution >= 4 is 34.7 Å². The lowest BCUT2D eigenvalue weighted by Gasteiger charge is -2.11. The Morgan fingerprint density at radius 1 is 1.24 bits per heavy atom. The molecule has 1 heterocycles. The van der Waals surface area contributed by atoms with Crippen molar-refractivity contribution in [1.82, 2.24) is 0 Å². The molecule has 8 heteroatoms. The van der Waals surface area contributed by atoms with Gasteiger partial charge in [-0.05, 0) is 47.5 Å². The summed E-state index contributed by atoms with van der Waals surface area (Å²) in [4.78, 5) is 12.7. The van der Waals surface area contributed by atoms with Gasteiger partial charge in [0.2, 0.25) is 5.91 Å². The SMILES string of the molecule is NC(C(=O)Nc1ccc(SC(F)(F)F)cc1)c1cccs1. The fourth-order valence-corrected chi connectivity index (χ4v) is 2.82. The Balaban J connectivity index is 1.98. The molecule has 0 saturated carbocycles. The molecule has 0 aliphatic heterocycles. The summed E-state index contributed by atoms with van der Waals surface area (Å²) in [5, 5.41) is 4.38. The number of nitrogens with two attached hydrogens (primary N) is 1. The van der Waals surface area contributed by atoms with Crippen LogP contribution >= 0.6 is 23.1 Å². The van der Waals surface area contributed by atoms with E-state index in [9.17, 15) is 18.0 Å². The Labute approximate surface area is 127 Å². The Hall–Kier alpha value is -1.51. The van der Waals surface area contributed by atoms with Gasteiger partial charge in [0.1, 0.15) is 6.04 Å². The third-order valence-corrected chi connectivity index (χ3v) is 4.18. The van der Waals surface area contributed by atoms with Crippen molar-refractivity contribution in [3.8, 4) is 0 Å². The number of nitrogens with one attached hydrogen (secondary N) is 1. The molecule has 0 aliphatic carbocycles. The zero-order chi connectivity index (χ0) is 15.5. The molecule has 1 aromatic carbocycles. The number of alkyl halides is 3. The number of carbonyl (C=O) groups is 1. The van der Waals surface area contributed by atoms with Gasteiger partial charge in [-0.25, -0.2) is 0 Å². The lowest BCUT2D eigenvalue weighted by molar-refractivity contribution is -0.117. The summed E-state index contributed by atoms with van der Waals surface area (Å²) in [7, 11) is 0. The molecule has 0 radical (unpaired) electrons. The van der Waals surface area contributed by atoms with Crippen molar-refractivity contribution < 1.29 is 18.0 Å². The molecule has 0 bridgehead atoms. The van der Waals surface area contributed by atoms with E-state index in [1.54, 1.807) is 12.1 Å². The molecule has 1 unspecified atom stereocenters. The Kier molecular flexibility index (Phi) is 4.92. The first-order valence-electron chi connectivity index (χ1n) is 5.81. The number of rotatable bonds is 4. The standard InChI is InChI=1S/C13H11F3N2OS2/c14-13(15,16)21-9-5-3-8(4-6-9)18-12(19)11(17)10-2-1-7-20-10/h1-7,11H,17H2,(H,18,19). The van der Waals surface area contributed by atoms with E-state index >= 15 is 0 Å². The van der Waals surface area contributed by atoms with Crippen molar-refractivity contribution in [2.45, 2.75) is 16.4 Å². The number of hydrogen-bond donors (Lipinski definition) is 2. The average Bonchev–Trinajstić information content (AvgIpc) is 2.92. The van der Waals surface area contributed by atoms with E-state index in [0.29, 0.717) is 5.69 Å². The van der Waals surface area contributed by atoms with Crippen LogP contribution in [0.3, 0.4) is 0 Å². The maximum Gasteiger partial charge on any atom is 0.446 e. The van der Waals surface area contributed by atoms with Gasteiger partial charge >= 0.3 is 5.51 Å². The van der Waals surface area contributed by atoms with Crippen molar-refractivity contribution in [2.24, 2.45) is 5.73 Å². The summed E-state index contributed by atoms with van der Waals surface area (Å²) in [6.07, 6.45) is 0. The van der Waals surface area contributed by atoms with Gasteiger partial charge < -0.3 is 11.1 Å². The average molecular weight is 332 g/mol. The lowest BCUT2D eigenvalue weighted by Crippen LogP contribution is -2.26. The van der Waals surface area contributed by atoms with Crippen molar-refractivity contribution in [3.05, 3.63) is 46.7 Å². The van der Waals surface area contributed by atoms with Gasteiger partial charge in [0.05, 0.1) is 0 Å². The fourth-order valence-electron chi connectivity index (χ4n) is 1.56. The van der Waals surface area contributed by atoms with E-state index < -0.39 is 17.5 Å². The maximum absolute atomic E-state index is 12.2. The second-order valence-corrected chi connectivity index (χ2v) is 6.17. The molecule has 1 aromatic heterocycles. The number of halogens is 3. The van der Waals surface area contributed by atoms with E-state index in [1.165, 1.54) is 35.6 Å². The summed E-state index contributed by atoms with van der Waals surface area (Å²) in [5.74, 6) is -0.409. The van der Waals surface area contributed by atoms with E-state index in [0.717, 1.165) is 4.88 Å². The molecule has 2 rings (SSSR count).